The first-order valence-electron chi connectivity index (χ1n) is 10.1. The van der Waals surface area contributed by atoms with Gasteiger partial charge in [-0.25, -0.2) is 13.6 Å². The Balaban J connectivity index is 1.24. The van der Waals surface area contributed by atoms with Gasteiger partial charge in [0, 0.05) is 45.3 Å². The highest BCUT2D eigenvalue weighted by atomic mass is 32.2. The lowest BCUT2D eigenvalue weighted by Gasteiger charge is -2.34. The normalized spacial score (nSPS) is 16.0. The molecule has 1 aliphatic heterocycles. The average molecular weight is 456 g/mol. The van der Waals surface area contributed by atoms with Crippen LogP contribution in [0.15, 0.2) is 28.1 Å². The van der Waals surface area contributed by atoms with Gasteiger partial charge >= 0.3 is 0 Å². The molecule has 9 nitrogen and oxygen atoms in total. The van der Waals surface area contributed by atoms with Crippen LogP contribution < -0.4 is 10.5 Å². The van der Waals surface area contributed by atoms with E-state index < -0.39 is 10.0 Å². The highest BCUT2D eigenvalue weighted by Crippen LogP contribution is 2.25. The molecule has 0 radical (unpaired) electrons. The van der Waals surface area contributed by atoms with Crippen LogP contribution in [-0.4, -0.2) is 80.8 Å². The first-order chi connectivity index (χ1) is 14.4. The van der Waals surface area contributed by atoms with Gasteiger partial charge < -0.3 is 14.7 Å². The molecule has 1 amide bonds. The molecular formula is C19H29N5O4S2. The van der Waals surface area contributed by atoms with Gasteiger partial charge in [0.15, 0.2) is 11.5 Å². The van der Waals surface area contributed by atoms with Gasteiger partial charge in [-0.1, -0.05) is 17.6 Å². The van der Waals surface area contributed by atoms with Gasteiger partial charge in [0.05, 0.1) is 10.6 Å². The van der Waals surface area contributed by atoms with Gasteiger partial charge in [-0.15, -0.1) is 11.3 Å². The third-order valence-corrected chi connectivity index (χ3v) is 6.74. The third kappa shape index (κ3) is 7.47. The third-order valence-electron chi connectivity index (χ3n) is 5.10. The van der Waals surface area contributed by atoms with Crippen LogP contribution in [0.3, 0.4) is 0 Å². The molecule has 0 unspecified atom stereocenters. The van der Waals surface area contributed by atoms with Gasteiger partial charge in [-0.3, -0.25) is 9.69 Å². The van der Waals surface area contributed by atoms with Crippen molar-refractivity contribution in [2.45, 2.75) is 19.3 Å². The minimum Gasteiger partial charge on any atom is -0.355 e. The summed E-state index contributed by atoms with van der Waals surface area (Å²) in [6.07, 6.45) is 3.01. The number of sulfonamides is 1. The number of carbonyl (C=O) groups excluding carboxylic acids is 1. The zero-order valence-corrected chi connectivity index (χ0v) is 18.6. The van der Waals surface area contributed by atoms with Gasteiger partial charge in [0.25, 0.3) is 5.91 Å². The number of nitrogens with one attached hydrogen (secondary N) is 1. The van der Waals surface area contributed by atoms with E-state index in [0.29, 0.717) is 24.5 Å². The van der Waals surface area contributed by atoms with Crippen molar-refractivity contribution in [3.8, 4) is 10.6 Å². The molecule has 0 aromatic carbocycles. The summed E-state index contributed by atoms with van der Waals surface area (Å²) in [6, 6.07) is 5.53. The number of thiophene rings is 1. The van der Waals surface area contributed by atoms with Gasteiger partial charge in [-0.05, 0) is 30.8 Å². The SMILES string of the molecule is NS(=O)(=O)CCN1CCN(CCCCCNC(=O)c2cc(-c3cccs3)on2)CC1. The van der Waals surface area contributed by atoms with E-state index in [2.05, 4.69) is 20.3 Å². The summed E-state index contributed by atoms with van der Waals surface area (Å²) < 4.78 is 27.3. The maximum atomic E-state index is 12.2. The van der Waals surface area contributed by atoms with Crippen LogP contribution in [0.1, 0.15) is 29.8 Å². The second-order valence-electron chi connectivity index (χ2n) is 7.42. The Labute approximate surface area is 181 Å². The van der Waals surface area contributed by atoms with E-state index in [0.717, 1.165) is 56.9 Å². The van der Waals surface area contributed by atoms with Crippen LogP contribution in [0.4, 0.5) is 0 Å². The number of hydrogen-bond donors (Lipinski definition) is 2. The lowest BCUT2D eigenvalue weighted by molar-refractivity contribution is 0.0943. The van der Waals surface area contributed by atoms with E-state index in [4.69, 9.17) is 9.66 Å². The van der Waals surface area contributed by atoms with Crippen LogP contribution in [0.2, 0.25) is 0 Å². The summed E-state index contributed by atoms with van der Waals surface area (Å²) in [5, 5.41) is 13.7. The van der Waals surface area contributed by atoms with E-state index in [1.807, 2.05) is 17.5 Å². The second-order valence-corrected chi connectivity index (χ2v) is 10.1. The van der Waals surface area contributed by atoms with E-state index in [9.17, 15) is 13.2 Å². The van der Waals surface area contributed by atoms with Gasteiger partial charge in [-0.2, -0.15) is 0 Å². The number of rotatable bonds is 11. The molecular weight excluding hydrogens is 426 g/mol. The standard InChI is InChI=1S/C19H29N5O4S2/c20-30(26,27)14-12-24-10-8-23(9-11-24)7-3-1-2-6-21-19(25)16-15-17(28-22-16)18-5-4-13-29-18/h4-5,13,15H,1-3,6-12,14H2,(H,21,25)(H2,20,26,27). The number of amides is 1. The maximum absolute atomic E-state index is 12.2. The molecule has 11 heteroatoms. The number of aromatic nitrogens is 1. The smallest absolute Gasteiger partial charge is 0.273 e. The first-order valence-corrected chi connectivity index (χ1v) is 12.7. The number of hydrogen-bond acceptors (Lipinski definition) is 8. The summed E-state index contributed by atoms with van der Waals surface area (Å²) in [6.45, 7) is 5.77. The van der Waals surface area contributed by atoms with E-state index in [1.54, 1.807) is 17.4 Å². The van der Waals surface area contributed by atoms with Gasteiger partial charge in [0.1, 0.15) is 0 Å². The summed E-state index contributed by atoms with van der Waals surface area (Å²) >= 11 is 1.54. The monoisotopic (exact) mass is 455 g/mol. The lowest BCUT2D eigenvalue weighted by Crippen LogP contribution is -2.48. The summed E-state index contributed by atoms with van der Waals surface area (Å²) in [5.74, 6) is 0.416. The van der Waals surface area contributed by atoms with Crippen molar-refractivity contribution in [1.82, 2.24) is 20.3 Å². The molecule has 1 fully saturated rings. The van der Waals surface area contributed by atoms with Crippen molar-refractivity contribution in [3.05, 3.63) is 29.3 Å². The Hall–Kier alpha value is -1.79. The minimum atomic E-state index is -3.39. The van der Waals surface area contributed by atoms with Crippen LogP contribution in [0, 0.1) is 0 Å². The molecule has 0 saturated carbocycles. The topological polar surface area (TPSA) is 122 Å². The minimum absolute atomic E-state index is 0.0163. The predicted octanol–water partition coefficient (Wildman–Crippen LogP) is 1.21. The van der Waals surface area contributed by atoms with Gasteiger partial charge in [0.2, 0.25) is 10.0 Å². The number of nitrogens with zero attached hydrogens (tertiary/aromatic N) is 3. The molecule has 3 N–H and O–H groups in total. The molecule has 2 aromatic heterocycles. The number of unbranched alkanes of at least 4 members (excludes halogenated alkanes) is 2. The Kier molecular flexibility index (Phi) is 8.40. The van der Waals surface area contributed by atoms with Crippen LogP contribution in [-0.2, 0) is 10.0 Å². The first kappa shape index (κ1) is 22.9. The van der Waals surface area contributed by atoms with E-state index in [-0.39, 0.29) is 11.7 Å². The highest BCUT2D eigenvalue weighted by Gasteiger charge is 2.18. The fourth-order valence-corrected chi connectivity index (χ4v) is 4.53. The Bertz CT molecular complexity index is 890. The van der Waals surface area contributed by atoms with E-state index in [1.165, 1.54) is 0 Å². The molecule has 3 rings (SSSR count). The Morgan fingerprint density at radius 3 is 2.57 bits per heavy atom. The Morgan fingerprint density at radius 1 is 1.17 bits per heavy atom. The average Bonchev–Trinajstić information content (AvgIpc) is 3.41. The summed E-state index contributed by atoms with van der Waals surface area (Å²) in [5.41, 5.74) is 0.304. The lowest BCUT2D eigenvalue weighted by atomic mass is 10.2. The second kappa shape index (κ2) is 11.0. The fourth-order valence-electron chi connectivity index (χ4n) is 3.34. The molecule has 2 aromatic rings. The number of nitrogens with two attached hydrogens (primary N) is 1. The molecule has 0 atom stereocenters. The summed E-state index contributed by atoms with van der Waals surface area (Å²) in [7, 11) is -3.39. The molecule has 0 spiro atoms. The van der Waals surface area contributed by atoms with Crippen LogP contribution >= 0.6 is 11.3 Å². The number of piperazine rings is 1. The molecule has 1 saturated heterocycles. The number of carbonyl (C=O) groups is 1. The van der Waals surface area contributed by atoms with E-state index >= 15 is 0 Å². The number of primary sulfonamides is 1. The van der Waals surface area contributed by atoms with Crippen molar-refractivity contribution in [2.24, 2.45) is 5.14 Å². The quantitative estimate of drug-likeness (QED) is 0.488. The molecule has 30 heavy (non-hydrogen) atoms. The zero-order chi connectivity index (χ0) is 21.4. The fraction of sp³-hybridized carbons (Fsp3) is 0.579. The van der Waals surface area contributed by atoms with Crippen LogP contribution in [0.5, 0.6) is 0 Å². The maximum Gasteiger partial charge on any atom is 0.273 e. The van der Waals surface area contributed by atoms with Crippen molar-refractivity contribution < 1.29 is 17.7 Å². The molecule has 166 valence electrons. The molecule has 0 aliphatic carbocycles. The van der Waals surface area contributed by atoms with Crippen molar-refractivity contribution in [3.63, 3.8) is 0 Å². The van der Waals surface area contributed by atoms with Crippen molar-refractivity contribution >= 4 is 27.3 Å². The summed E-state index contributed by atoms with van der Waals surface area (Å²) in [4.78, 5) is 17.7. The highest BCUT2D eigenvalue weighted by molar-refractivity contribution is 7.89. The Morgan fingerprint density at radius 2 is 1.90 bits per heavy atom. The van der Waals surface area contributed by atoms with Crippen LogP contribution in [0.25, 0.3) is 10.6 Å². The van der Waals surface area contributed by atoms with Crippen molar-refractivity contribution in [2.75, 3.05) is 51.6 Å². The van der Waals surface area contributed by atoms with Crippen molar-refractivity contribution in [1.29, 1.82) is 0 Å². The molecule has 1 aliphatic rings. The zero-order valence-electron chi connectivity index (χ0n) is 17.0. The largest absolute Gasteiger partial charge is 0.355 e. The molecule has 3 heterocycles. The molecule has 0 bridgehead atoms. The predicted molar refractivity (Wildman–Crippen MR) is 117 cm³/mol.